The molecule has 1 saturated heterocycles. The first-order valence-corrected chi connectivity index (χ1v) is 10.1. The Balaban J connectivity index is 1.17. The number of aromatic nitrogens is 1. The average molecular weight is 364 g/mol. The number of nitrogens with zero attached hydrogens (tertiary/aromatic N) is 2. The molecule has 1 aliphatic carbocycles. The maximum absolute atomic E-state index is 12.0. The van der Waals surface area contributed by atoms with Gasteiger partial charge in [0.25, 0.3) is 5.91 Å². The molecule has 2 N–H and O–H groups in total. The highest BCUT2D eigenvalue weighted by atomic mass is 16.1. The summed E-state index contributed by atoms with van der Waals surface area (Å²) in [6.07, 6.45) is 9.36. The van der Waals surface area contributed by atoms with Gasteiger partial charge in [-0.1, -0.05) is 6.07 Å². The third kappa shape index (κ3) is 4.48. The van der Waals surface area contributed by atoms with E-state index in [4.69, 9.17) is 0 Å². The zero-order valence-corrected chi connectivity index (χ0v) is 15.8. The number of benzene rings is 1. The van der Waals surface area contributed by atoms with Crippen molar-refractivity contribution in [3.63, 3.8) is 0 Å². The van der Waals surface area contributed by atoms with Gasteiger partial charge in [0.2, 0.25) is 0 Å². The van der Waals surface area contributed by atoms with E-state index in [-0.39, 0.29) is 5.91 Å². The molecule has 0 saturated carbocycles. The minimum Gasteiger partial charge on any atom is -0.371 e. The van der Waals surface area contributed by atoms with Gasteiger partial charge in [0.1, 0.15) is 0 Å². The van der Waals surface area contributed by atoms with Crippen LogP contribution >= 0.6 is 0 Å². The number of rotatable bonds is 6. The van der Waals surface area contributed by atoms with Crippen LogP contribution in [0.4, 0.5) is 5.69 Å². The molecule has 2 heterocycles. The van der Waals surface area contributed by atoms with E-state index in [1.807, 2.05) is 0 Å². The molecule has 1 aromatic carbocycles. The fraction of sp³-hybridized carbons (Fsp3) is 0.455. The van der Waals surface area contributed by atoms with Crippen LogP contribution in [-0.2, 0) is 12.8 Å². The molecule has 0 unspecified atom stereocenters. The summed E-state index contributed by atoms with van der Waals surface area (Å²) in [5, 5.41) is 6.53. The smallest absolute Gasteiger partial charge is 0.252 e. The Morgan fingerprint density at radius 2 is 1.96 bits per heavy atom. The SMILES string of the molecule is O=C(NCCNC1CCN(c2ccc3c(c2)CCC3)CC1)c1cccnc1. The number of aryl methyl sites for hydroxylation is 2. The summed E-state index contributed by atoms with van der Waals surface area (Å²) in [4.78, 5) is 18.5. The van der Waals surface area contributed by atoms with Crippen molar-refractivity contribution >= 4 is 11.6 Å². The van der Waals surface area contributed by atoms with Crippen LogP contribution in [0.1, 0.15) is 40.7 Å². The number of piperidine rings is 1. The lowest BCUT2D eigenvalue weighted by molar-refractivity contribution is 0.0953. The summed E-state index contributed by atoms with van der Waals surface area (Å²) in [6.45, 7) is 3.63. The van der Waals surface area contributed by atoms with Crippen molar-refractivity contribution in [1.82, 2.24) is 15.6 Å². The molecule has 4 rings (SSSR count). The van der Waals surface area contributed by atoms with Gasteiger partial charge in [-0.3, -0.25) is 9.78 Å². The van der Waals surface area contributed by atoms with E-state index in [9.17, 15) is 4.79 Å². The lowest BCUT2D eigenvalue weighted by atomic mass is 10.0. The summed E-state index contributed by atoms with van der Waals surface area (Å²) >= 11 is 0. The first-order chi connectivity index (χ1) is 13.3. The molecule has 1 aromatic heterocycles. The predicted molar refractivity (Wildman–Crippen MR) is 108 cm³/mol. The fourth-order valence-electron chi connectivity index (χ4n) is 4.15. The molecule has 142 valence electrons. The zero-order chi connectivity index (χ0) is 18.5. The molecule has 5 nitrogen and oxygen atoms in total. The average Bonchev–Trinajstić information content (AvgIpc) is 3.20. The maximum Gasteiger partial charge on any atom is 0.252 e. The molecule has 0 spiro atoms. The van der Waals surface area contributed by atoms with Crippen molar-refractivity contribution in [1.29, 1.82) is 0 Å². The maximum atomic E-state index is 12.0. The van der Waals surface area contributed by atoms with Gasteiger partial charge in [0, 0.05) is 50.3 Å². The van der Waals surface area contributed by atoms with Gasteiger partial charge in [-0.2, -0.15) is 0 Å². The molecular formula is C22H28N4O. The van der Waals surface area contributed by atoms with Crippen molar-refractivity contribution in [2.45, 2.75) is 38.1 Å². The second-order valence-electron chi connectivity index (χ2n) is 7.52. The molecule has 0 radical (unpaired) electrons. The lowest BCUT2D eigenvalue weighted by Gasteiger charge is -2.34. The van der Waals surface area contributed by atoms with Crippen LogP contribution in [0.2, 0.25) is 0 Å². The number of amides is 1. The molecule has 1 amide bonds. The molecule has 0 bridgehead atoms. The van der Waals surface area contributed by atoms with E-state index in [0.717, 1.165) is 32.5 Å². The van der Waals surface area contributed by atoms with Crippen LogP contribution in [-0.4, -0.2) is 43.1 Å². The van der Waals surface area contributed by atoms with Crippen LogP contribution in [0.3, 0.4) is 0 Å². The molecule has 1 fully saturated rings. The van der Waals surface area contributed by atoms with Gasteiger partial charge in [0.05, 0.1) is 5.56 Å². The predicted octanol–water partition coefficient (Wildman–Crippen LogP) is 2.56. The fourth-order valence-corrected chi connectivity index (χ4v) is 4.15. The van der Waals surface area contributed by atoms with E-state index in [1.54, 1.807) is 35.7 Å². The van der Waals surface area contributed by atoms with Crippen LogP contribution in [0.15, 0.2) is 42.7 Å². The van der Waals surface area contributed by atoms with Gasteiger partial charge >= 0.3 is 0 Å². The standard InChI is InChI=1S/C22H28N4O/c27-22(19-5-2-10-23-16-19)25-12-11-24-20-8-13-26(14-9-20)21-7-6-17-3-1-4-18(17)15-21/h2,5-7,10,15-16,20,24H,1,3-4,8-9,11-14H2,(H,25,27). The Bertz CT molecular complexity index is 769. The van der Waals surface area contributed by atoms with Crippen molar-refractivity contribution in [2.24, 2.45) is 0 Å². The van der Waals surface area contributed by atoms with Crippen molar-refractivity contribution < 1.29 is 4.79 Å². The summed E-state index contributed by atoms with van der Waals surface area (Å²) in [5.74, 6) is -0.0590. The number of pyridine rings is 1. The molecule has 2 aliphatic rings. The van der Waals surface area contributed by atoms with E-state index in [2.05, 4.69) is 38.7 Å². The van der Waals surface area contributed by atoms with Crippen LogP contribution < -0.4 is 15.5 Å². The molecular weight excluding hydrogens is 336 g/mol. The topological polar surface area (TPSA) is 57.3 Å². The third-order valence-electron chi connectivity index (χ3n) is 5.71. The number of hydrogen-bond donors (Lipinski definition) is 2. The third-order valence-corrected chi connectivity index (χ3v) is 5.71. The molecule has 5 heteroatoms. The van der Waals surface area contributed by atoms with Crippen LogP contribution in [0.25, 0.3) is 0 Å². The van der Waals surface area contributed by atoms with E-state index >= 15 is 0 Å². The summed E-state index contributed by atoms with van der Waals surface area (Å²) in [5.41, 5.74) is 5.10. The zero-order valence-electron chi connectivity index (χ0n) is 15.8. The second kappa shape index (κ2) is 8.53. The van der Waals surface area contributed by atoms with Gasteiger partial charge < -0.3 is 15.5 Å². The van der Waals surface area contributed by atoms with Crippen molar-refractivity contribution in [3.8, 4) is 0 Å². The monoisotopic (exact) mass is 364 g/mol. The molecule has 0 atom stereocenters. The normalized spacial score (nSPS) is 17.0. The van der Waals surface area contributed by atoms with Gasteiger partial charge in [-0.25, -0.2) is 0 Å². The Kier molecular flexibility index (Phi) is 5.68. The van der Waals surface area contributed by atoms with E-state index < -0.39 is 0 Å². The Hall–Kier alpha value is -2.40. The highest BCUT2D eigenvalue weighted by molar-refractivity contribution is 5.93. The first kappa shape index (κ1) is 18.0. The number of nitrogens with one attached hydrogen (secondary N) is 2. The molecule has 27 heavy (non-hydrogen) atoms. The highest BCUT2D eigenvalue weighted by Crippen LogP contribution is 2.28. The lowest BCUT2D eigenvalue weighted by Crippen LogP contribution is -2.44. The van der Waals surface area contributed by atoms with Gasteiger partial charge in [0.15, 0.2) is 0 Å². The molecule has 2 aromatic rings. The van der Waals surface area contributed by atoms with Crippen molar-refractivity contribution in [2.75, 3.05) is 31.1 Å². The Labute approximate surface area is 161 Å². The van der Waals surface area contributed by atoms with Gasteiger partial charge in [-0.05, 0) is 67.5 Å². The largest absolute Gasteiger partial charge is 0.371 e. The van der Waals surface area contributed by atoms with Crippen LogP contribution in [0.5, 0.6) is 0 Å². The van der Waals surface area contributed by atoms with Crippen LogP contribution in [0, 0.1) is 0 Å². The number of hydrogen-bond acceptors (Lipinski definition) is 4. The number of carbonyl (C=O) groups excluding carboxylic acids is 1. The summed E-state index contributed by atoms with van der Waals surface area (Å²) in [7, 11) is 0. The minimum atomic E-state index is -0.0590. The number of fused-ring (bicyclic) bond motifs is 1. The Morgan fingerprint density at radius 1 is 1.11 bits per heavy atom. The minimum absolute atomic E-state index is 0.0590. The highest BCUT2D eigenvalue weighted by Gasteiger charge is 2.20. The quantitative estimate of drug-likeness (QED) is 0.774. The van der Waals surface area contributed by atoms with E-state index in [0.29, 0.717) is 18.2 Å². The first-order valence-electron chi connectivity index (χ1n) is 10.1. The van der Waals surface area contributed by atoms with Gasteiger partial charge in [-0.15, -0.1) is 0 Å². The summed E-state index contributed by atoms with van der Waals surface area (Å²) in [6, 6.07) is 11.1. The second-order valence-corrected chi connectivity index (χ2v) is 7.52. The number of anilines is 1. The Morgan fingerprint density at radius 3 is 2.78 bits per heavy atom. The van der Waals surface area contributed by atoms with E-state index in [1.165, 1.54) is 24.9 Å². The number of carbonyl (C=O) groups is 1. The molecule has 1 aliphatic heterocycles. The van der Waals surface area contributed by atoms with Crippen molar-refractivity contribution in [3.05, 3.63) is 59.4 Å². The summed E-state index contributed by atoms with van der Waals surface area (Å²) < 4.78 is 0.